The summed E-state index contributed by atoms with van der Waals surface area (Å²) in [5.41, 5.74) is 1.56. The van der Waals surface area contributed by atoms with Crippen LogP contribution in [0.15, 0.2) is 59.5 Å². The molecule has 0 atom stereocenters. The number of nitrogens with one attached hydrogen (secondary N) is 1. The number of rotatable bonds is 10. The molecule has 9 heteroatoms. The standard InChI is InChI=1S/C20H25N3O5S/c1-28-20(25)12-14-23(15-16-5-3-2-4-6-16)13-11-19(24)22-17-7-9-18(10-8-17)29(21,26)27/h2-10H,11-15H2,1H3,(H,22,24)(H2,21,26,27). The number of nitrogens with zero attached hydrogens (tertiary/aromatic N) is 1. The van der Waals surface area contributed by atoms with Gasteiger partial charge < -0.3 is 10.1 Å². The molecule has 29 heavy (non-hydrogen) atoms. The van der Waals surface area contributed by atoms with Gasteiger partial charge in [-0.3, -0.25) is 14.5 Å². The molecule has 0 spiro atoms. The number of methoxy groups -OCH3 is 1. The smallest absolute Gasteiger partial charge is 0.306 e. The van der Waals surface area contributed by atoms with Gasteiger partial charge in [0.1, 0.15) is 0 Å². The number of anilines is 1. The maximum absolute atomic E-state index is 12.3. The Morgan fingerprint density at radius 3 is 2.21 bits per heavy atom. The van der Waals surface area contributed by atoms with Gasteiger partial charge in [-0.15, -0.1) is 0 Å². The molecule has 1 amide bonds. The third-order valence-electron chi connectivity index (χ3n) is 4.23. The number of carbonyl (C=O) groups is 2. The first-order valence-electron chi connectivity index (χ1n) is 9.04. The molecule has 0 aliphatic rings. The van der Waals surface area contributed by atoms with Crippen molar-refractivity contribution in [3.63, 3.8) is 0 Å². The van der Waals surface area contributed by atoms with Crippen LogP contribution in [-0.2, 0) is 30.9 Å². The molecule has 0 bridgehead atoms. The molecule has 8 nitrogen and oxygen atoms in total. The molecule has 2 rings (SSSR count). The van der Waals surface area contributed by atoms with Crippen LogP contribution in [0.1, 0.15) is 18.4 Å². The first-order valence-corrected chi connectivity index (χ1v) is 10.6. The number of benzene rings is 2. The number of ether oxygens (including phenoxy) is 1. The summed E-state index contributed by atoms with van der Waals surface area (Å²) in [7, 11) is -2.43. The van der Waals surface area contributed by atoms with E-state index in [0.717, 1.165) is 5.56 Å². The second kappa shape index (κ2) is 10.7. The summed E-state index contributed by atoms with van der Waals surface area (Å²) in [6.45, 7) is 1.53. The Balaban J connectivity index is 1.92. The molecular weight excluding hydrogens is 394 g/mol. The summed E-state index contributed by atoms with van der Waals surface area (Å²) < 4.78 is 27.2. The van der Waals surface area contributed by atoms with Crippen molar-refractivity contribution in [1.82, 2.24) is 4.90 Å². The van der Waals surface area contributed by atoms with Gasteiger partial charge in [0.25, 0.3) is 0 Å². The van der Waals surface area contributed by atoms with Gasteiger partial charge in [-0.1, -0.05) is 30.3 Å². The van der Waals surface area contributed by atoms with Crippen LogP contribution in [0.5, 0.6) is 0 Å². The van der Waals surface area contributed by atoms with Crippen molar-refractivity contribution in [2.24, 2.45) is 5.14 Å². The molecule has 0 unspecified atom stereocenters. The lowest BCUT2D eigenvalue weighted by atomic mass is 10.2. The lowest BCUT2D eigenvalue weighted by Gasteiger charge is -2.21. The van der Waals surface area contributed by atoms with Gasteiger partial charge in [-0.25, -0.2) is 13.6 Å². The minimum absolute atomic E-state index is 0.0210. The second-order valence-electron chi connectivity index (χ2n) is 6.46. The molecule has 0 radical (unpaired) electrons. The molecule has 0 saturated heterocycles. The predicted molar refractivity (Wildman–Crippen MR) is 109 cm³/mol. The first kappa shape index (κ1) is 22.5. The maximum atomic E-state index is 12.3. The quantitative estimate of drug-likeness (QED) is 0.566. The van der Waals surface area contributed by atoms with E-state index in [1.165, 1.54) is 31.4 Å². The van der Waals surface area contributed by atoms with Crippen molar-refractivity contribution < 1.29 is 22.7 Å². The molecule has 0 aliphatic carbocycles. The summed E-state index contributed by atoms with van der Waals surface area (Å²) in [6, 6.07) is 15.4. The fourth-order valence-corrected chi connectivity index (χ4v) is 3.19. The lowest BCUT2D eigenvalue weighted by Crippen LogP contribution is -2.30. The minimum atomic E-state index is -3.77. The number of carbonyl (C=O) groups excluding carboxylic acids is 2. The molecular formula is C20H25N3O5S. The second-order valence-corrected chi connectivity index (χ2v) is 8.02. The molecule has 0 heterocycles. The lowest BCUT2D eigenvalue weighted by molar-refractivity contribution is -0.141. The van der Waals surface area contributed by atoms with Crippen molar-refractivity contribution in [2.75, 3.05) is 25.5 Å². The Bertz CT molecular complexity index is 915. The van der Waals surface area contributed by atoms with E-state index in [9.17, 15) is 18.0 Å². The summed E-state index contributed by atoms with van der Waals surface area (Å²) in [5.74, 6) is -0.521. The van der Waals surface area contributed by atoms with Gasteiger partial charge in [0, 0.05) is 31.7 Å². The van der Waals surface area contributed by atoms with Crippen molar-refractivity contribution in [3.8, 4) is 0 Å². The molecule has 0 aromatic heterocycles. The predicted octanol–water partition coefficient (Wildman–Crippen LogP) is 1.73. The molecule has 3 N–H and O–H groups in total. The van der Waals surface area contributed by atoms with E-state index < -0.39 is 10.0 Å². The van der Waals surface area contributed by atoms with Crippen LogP contribution >= 0.6 is 0 Å². The summed E-state index contributed by atoms with van der Waals surface area (Å²) in [6.07, 6.45) is 0.449. The van der Waals surface area contributed by atoms with E-state index in [1.54, 1.807) is 0 Å². The average Bonchev–Trinajstić information content (AvgIpc) is 2.70. The van der Waals surface area contributed by atoms with Crippen LogP contribution in [0.3, 0.4) is 0 Å². The number of sulfonamides is 1. The van der Waals surface area contributed by atoms with Crippen LogP contribution < -0.4 is 10.5 Å². The zero-order valence-electron chi connectivity index (χ0n) is 16.2. The number of hydrogen-bond donors (Lipinski definition) is 2. The van der Waals surface area contributed by atoms with Crippen LogP contribution in [0, 0.1) is 0 Å². The van der Waals surface area contributed by atoms with Crippen LogP contribution in [-0.4, -0.2) is 45.4 Å². The molecule has 2 aromatic carbocycles. The topological polar surface area (TPSA) is 119 Å². The summed E-state index contributed by atoms with van der Waals surface area (Å²) >= 11 is 0. The molecule has 0 aliphatic heterocycles. The summed E-state index contributed by atoms with van der Waals surface area (Å²) in [4.78, 5) is 25.7. The van der Waals surface area contributed by atoms with Crippen molar-refractivity contribution in [3.05, 3.63) is 60.2 Å². The van der Waals surface area contributed by atoms with Crippen LogP contribution in [0.4, 0.5) is 5.69 Å². The SMILES string of the molecule is COC(=O)CCN(CCC(=O)Nc1ccc(S(N)(=O)=O)cc1)Cc1ccccc1. The van der Waals surface area contributed by atoms with Crippen molar-refractivity contribution in [1.29, 1.82) is 0 Å². The zero-order valence-corrected chi connectivity index (χ0v) is 17.0. The Labute approximate surface area is 170 Å². The number of primary sulfonamides is 1. The van der Waals surface area contributed by atoms with Crippen molar-refractivity contribution in [2.45, 2.75) is 24.3 Å². The fraction of sp³-hybridized carbons (Fsp3) is 0.300. The average molecular weight is 420 g/mol. The van der Waals surface area contributed by atoms with E-state index in [1.807, 2.05) is 35.2 Å². The van der Waals surface area contributed by atoms with E-state index >= 15 is 0 Å². The first-order chi connectivity index (χ1) is 13.8. The van der Waals surface area contributed by atoms with Gasteiger partial charge in [0.05, 0.1) is 18.4 Å². The van der Waals surface area contributed by atoms with Crippen LogP contribution in [0.25, 0.3) is 0 Å². The maximum Gasteiger partial charge on any atom is 0.306 e. The van der Waals surface area contributed by atoms with Gasteiger partial charge in [0.15, 0.2) is 0 Å². The zero-order chi connectivity index (χ0) is 21.3. The van der Waals surface area contributed by atoms with Gasteiger partial charge in [-0.2, -0.15) is 0 Å². The Hall–Kier alpha value is -2.75. The van der Waals surface area contributed by atoms with E-state index in [-0.39, 0.29) is 29.6 Å². The van der Waals surface area contributed by atoms with E-state index in [2.05, 4.69) is 5.32 Å². The normalized spacial score (nSPS) is 11.3. The van der Waals surface area contributed by atoms with Gasteiger partial charge in [0.2, 0.25) is 15.9 Å². The highest BCUT2D eigenvalue weighted by Crippen LogP contribution is 2.13. The minimum Gasteiger partial charge on any atom is -0.469 e. The Morgan fingerprint density at radius 2 is 1.62 bits per heavy atom. The highest BCUT2D eigenvalue weighted by Gasteiger charge is 2.13. The number of esters is 1. The largest absolute Gasteiger partial charge is 0.469 e. The van der Waals surface area contributed by atoms with E-state index in [4.69, 9.17) is 9.88 Å². The fourth-order valence-electron chi connectivity index (χ4n) is 2.67. The van der Waals surface area contributed by atoms with Crippen LogP contribution in [0.2, 0.25) is 0 Å². The third kappa shape index (κ3) is 8.02. The molecule has 156 valence electrons. The van der Waals surface area contributed by atoms with Gasteiger partial charge >= 0.3 is 5.97 Å². The molecule has 2 aromatic rings. The highest BCUT2D eigenvalue weighted by atomic mass is 32.2. The third-order valence-corrected chi connectivity index (χ3v) is 5.16. The highest BCUT2D eigenvalue weighted by molar-refractivity contribution is 7.89. The number of amides is 1. The Kier molecular flexibility index (Phi) is 8.32. The number of hydrogen-bond acceptors (Lipinski definition) is 6. The Morgan fingerprint density at radius 1 is 1.00 bits per heavy atom. The summed E-state index contributed by atoms with van der Waals surface area (Å²) in [5, 5.41) is 7.78. The van der Waals surface area contributed by atoms with Gasteiger partial charge in [-0.05, 0) is 29.8 Å². The van der Waals surface area contributed by atoms with Crippen molar-refractivity contribution >= 4 is 27.6 Å². The monoisotopic (exact) mass is 419 g/mol. The van der Waals surface area contributed by atoms with E-state index in [0.29, 0.717) is 25.3 Å². The molecule has 0 saturated carbocycles. The molecule has 0 fully saturated rings. The number of nitrogens with two attached hydrogens (primary N) is 1.